The van der Waals surface area contributed by atoms with Crippen LogP contribution in [0.5, 0.6) is 0 Å². The molecule has 0 radical (unpaired) electrons. The van der Waals surface area contributed by atoms with E-state index in [1.54, 1.807) is 12.4 Å². The van der Waals surface area contributed by atoms with Gasteiger partial charge in [0, 0.05) is 131 Å². The normalized spacial score (nSPS) is 18.4. The van der Waals surface area contributed by atoms with Gasteiger partial charge in [0.25, 0.3) is 0 Å². The van der Waals surface area contributed by atoms with Crippen molar-refractivity contribution < 1.29 is 0 Å². The molecule has 14 heterocycles. The lowest BCUT2D eigenvalue weighted by Gasteiger charge is -2.31. The van der Waals surface area contributed by atoms with Gasteiger partial charge in [-0.2, -0.15) is 25.5 Å². The van der Waals surface area contributed by atoms with Gasteiger partial charge < -0.3 is 42.8 Å². The second-order valence-corrected chi connectivity index (χ2v) is 31.7. The summed E-state index contributed by atoms with van der Waals surface area (Å²) >= 11 is 0. The number of allylic oxidation sites excluding steroid dienone is 3. The zero-order valence-electron chi connectivity index (χ0n) is 66.9. The fraction of sp³-hybridized carbons (Fsp3) is 0.352. The Morgan fingerprint density at radius 3 is 2.27 bits per heavy atom. The maximum Gasteiger partial charge on any atom is 0.235 e. The van der Waals surface area contributed by atoms with Gasteiger partial charge in [-0.1, -0.05) is 63.5 Å². The number of pyridine rings is 3. The summed E-state index contributed by atoms with van der Waals surface area (Å²) in [5.74, 6) is 3.90. The van der Waals surface area contributed by atoms with Gasteiger partial charge in [0.2, 0.25) is 11.6 Å². The Balaban J connectivity index is 0.000000115. The van der Waals surface area contributed by atoms with Gasteiger partial charge in [0.05, 0.1) is 100 Å². The minimum atomic E-state index is -0.0712. The fourth-order valence-electron chi connectivity index (χ4n) is 16.2. The van der Waals surface area contributed by atoms with E-state index in [1.165, 1.54) is 82.9 Å². The lowest BCUT2D eigenvalue weighted by Crippen LogP contribution is -2.42. The molecule has 13 aromatic rings. The van der Waals surface area contributed by atoms with E-state index in [2.05, 4.69) is 232 Å². The molecule has 19 rings (SSSR count). The third kappa shape index (κ3) is 16.8. The van der Waals surface area contributed by atoms with Crippen LogP contribution in [0.1, 0.15) is 161 Å². The number of rotatable bonds is 18. The van der Waals surface area contributed by atoms with Crippen LogP contribution in [0.2, 0.25) is 0 Å². The average Bonchev–Trinajstić information content (AvgIpc) is 0.957. The summed E-state index contributed by atoms with van der Waals surface area (Å²) in [7, 11) is 2.18. The second-order valence-electron chi connectivity index (χ2n) is 31.7. The number of nitrogen functional groups attached to an aromatic ring is 2. The smallest absolute Gasteiger partial charge is 0.235 e. The van der Waals surface area contributed by atoms with Crippen molar-refractivity contribution in [1.29, 1.82) is 0 Å². The number of fused-ring (bicyclic) bond motifs is 12. The lowest BCUT2D eigenvalue weighted by molar-refractivity contribution is 0.198. The molecule has 27 heteroatoms. The Kier molecular flexibility index (Phi) is 22.5. The highest BCUT2D eigenvalue weighted by atomic mass is 15.3. The largest absolute Gasteiger partial charge is 0.383 e. The van der Waals surface area contributed by atoms with Crippen molar-refractivity contribution in [3.63, 3.8) is 0 Å². The summed E-state index contributed by atoms with van der Waals surface area (Å²) in [5, 5.41) is 40.7. The fourth-order valence-corrected chi connectivity index (χ4v) is 16.2. The van der Waals surface area contributed by atoms with Crippen molar-refractivity contribution in [3.8, 4) is 22.5 Å². The summed E-state index contributed by atoms with van der Waals surface area (Å²) < 4.78 is 5.75. The van der Waals surface area contributed by atoms with Crippen molar-refractivity contribution in [1.82, 2.24) is 105 Å². The summed E-state index contributed by atoms with van der Waals surface area (Å²) in [5.41, 5.74) is 40.5. The topological polar surface area (TPSA) is 333 Å². The van der Waals surface area contributed by atoms with Gasteiger partial charge in [-0.3, -0.25) is 28.5 Å². The van der Waals surface area contributed by atoms with Crippen LogP contribution in [0.15, 0.2) is 180 Å². The predicted octanol–water partition coefficient (Wildman–Crippen LogP) is 15.0. The highest BCUT2D eigenvalue weighted by Gasteiger charge is 2.33. The van der Waals surface area contributed by atoms with Crippen molar-refractivity contribution >= 4 is 97.3 Å². The number of hydrazone groups is 2. The zero-order valence-corrected chi connectivity index (χ0v) is 66.9. The third-order valence-corrected chi connectivity index (χ3v) is 22.3. The molecule has 3 aliphatic heterocycles. The average molecular weight is 1540 g/mol. The van der Waals surface area contributed by atoms with Crippen LogP contribution >= 0.6 is 0 Å². The molecule has 11 aromatic heterocycles. The third-order valence-electron chi connectivity index (χ3n) is 22.3. The first-order chi connectivity index (χ1) is 56.1. The molecule has 590 valence electrons. The number of aryl methyl sites for hydroxylation is 2. The first-order valence-corrected chi connectivity index (χ1v) is 40.5. The highest BCUT2D eigenvalue weighted by molar-refractivity contribution is 6.14. The summed E-state index contributed by atoms with van der Waals surface area (Å²) in [6.45, 7) is 19.5. The summed E-state index contributed by atoms with van der Waals surface area (Å²) in [6.07, 6.45) is 59.1. The minimum Gasteiger partial charge on any atom is -0.383 e. The number of nitrogens with zero attached hydrogens (tertiary/aromatic N) is 18. The number of nitrogens with one attached hydrogen (secondary N) is 7. The number of imidazole rings is 3. The number of aliphatic imine (C=N–C) groups is 1. The number of hydrogen-bond donors (Lipinski definition) is 9. The van der Waals surface area contributed by atoms with Gasteiger partial charge in [-0.05, 0) is 206 Å². The molecule has 5 atom stereocenters. The molecule has 11 N–H and O–H groups in total. The van der Waals surface area contributed by atoms with Crippen LogP contribution in [0.25, 0.3) is 78.5 Å². The van der Waals surface area contributed by atoms with Crippen LogP contribution in [0, 0.1) is 19.8 Å². The van der Waals surface area contributed by atoms with E-state index in [0.717, 1.165) is 161 Å². The number of benzene rings is 2. The molecule has 3 aliphatic carbocycles. The van der Waals surface area contributed by atoms with Crippen molar-refractivity contribution in [2.24, 2.45) is 21.1 Å². The number of aromatic amines is 3. The van der Waals surface area contributed by atoms with Crippen LogP contribution in [0.3, 0.4) is 0 Å². The minimum absolute atomic E-state index is 0.0712. The van der Waals surface area contributed by atoms with Crippen LogP contribution in [-0.2, 0) is 19.3 Å². The number of aromatic nitrogens is 16. The number of anilines is 3. The van der Waals surface area contributed by atoms with E-state index in [9.17, 15) is 0 Å². The quantitative estimate of drug-likeness (QED) is 0.0219. The predicted molar refractivity (Wildman–Crippen MR) is 463 cm³/mol. The highest BCUT2D eigenvalue weighted by Crippen LogP contribution is 2.41. The molecule has 0 spiro atoms. The van der Waals surface area contributed by atoms with Crippen molar-refractivity contribution in [3.05, 3.63) is 215 Å². The monoisotopic (exact) mass is 1540 g/mol. The van der Waals surface area contributed by atoms with E-state index < -0.39 is 0 Å². The SMILES string of the molecule is CCCC/C=C/C(N/C=C/C1C=NNC1/C=C/N1CCN(C)CC1)c1cn[nH]c1C.CCCc1c(-c2cnc3ncc(NC(C)(C)C)n3c2)nc2c(c1C)C1C=NNC1C=C2.Nc1cnc2ccc(C(=Nc3ccc4[nH]ncc4c3)C3=CCCCC3)cn12.Nc1cnc2ncc(-c3nc4ccc5[nH]ncc5c4c4c3CCCC4)cn12. The van der Waals surface area contributed by atoms with Crippen molar-refractivity contribution in [2.45, 2.75) is 162 Å². The molecular weight excluding hydrogens is 1440 g/mol. The zero-order chi connectivity index (χ0) is 79.1. The maximum absolute atomic E-state index is 6.06. The molecule has 0 amide bonds. The Morgan fingerprint density at radius 2 is 1.46 bits per heavy atom. The van der Waals surface area contributed by atoms with Crippen LogP contribution in [-0.4, -0.2) is 157 Å². The van der Waals surface area contributed by atoms with Crippen LogP contribution in [0.4, 0.5) is 23.1 Å². The lowest BCUT2D eigenvalue weighted by atomic mass is 9.82. The van der Waals surface area contributed by atoms with Gasteiger partial charge in [-0.25, -0.2) is 39.9 Å². The Morgan fingerprint density at radius 1 is 0.713 bits per heavy atom. The summed E-state index contributed by atoms with van der Waals surface area (Å²) in [4.78, 5) is 42.1. The summed E-state index contributed by atoms with van der Waals surface area (Å²) in [6, 6.07) is 14.8. The van der Waals surface area contributed by atoms with Gasteiger partial charge in [-0.15, -0.1) is 0 Å². The molecular formula is C88H103N27. The molecule has 0 bridgehead atoms. The van der Waals surface area contributed by atoms with Gasteiger partial charge in [0.15, 0.2) is 0 Å². The molecule has 2 aromatic carbocycles. The van der Waals surface area contributed by atoms with Crippen LogP contribution < -0.4 is 33.0 Å². The molecule has 6 aliphatic rings. The molecule has 0 saturated carbocycles. The number of hydrogen-bond acceptors (Lipinski definition) is 21. The van der Waals surface area contributed by atoms with Crippen molar-refractivity contribution in [2.75, 3.05) is 50.0 Å². The second kappa shape index (κ2) is 34.0. The first kappa shape index (κ1) is 76.3. The standard InChI is InChI=1S/C24H29N7.C23H37N7.C21H20N6.C20H17N7/c1-6-7-16-14(2)21-17-11-27-30-18(17)8-9-19(21)28-22(16)15-10-25-23-26-12-20(31(23)13-15)29-24(3,4)5;1-4-5-6-7-8-23(21-18-26-27-19(21)2)24-11-9-20-17-25-28-22(20)10-12-30-15-13-29(3)14-16-30;22-19-12-23-20-9-6-15(13-27(19)20)21(14-4-2-1-3-5-14)25-17-7-8-18-16(10-17)11-24-26-18;21-17-9-23-20-22-7-11(10-27(17)20)19-13-4-2-1-3-12(13)18-14-8-24-26-15(14)5-6-16(18)25-19/h8-13,17-18,29-30H,6-7H2,1-5H3;7-12,17-18,20,22-24,28H,4-6,13-16H2,1-3H3,(H,26,27);4,6-13H,1-3,5,22H2,(H,24,26);5-10H,1-4,21H2,(H,24,26)/b;8-7+,11-9+,12-10+;;. The first-order valence-electron chi connectivity index (χ1n) is 40.5. The number of likely N-dealkylation sites (N-methyl/N-ethyl adjacent to an activating group) is 1. The molecule has 5 unspecified atom stereocenters. The number of H-pyrrole nitrogens is 3. The maximum atomic E-state index is 6.06. The van der Waals surface area contributed by atoms with Gasteiger partial charge >= 0.3 is 0 Å². The Labute approximate surface area is 669 Å². The van der Waals surface area contributed by atoms with E-state index >= 15 is 0 Å². The Hall–Kier alpha value is -12.7. The van der Waals surface area contributed by atoms with E-state index in [0.29, 0.717) is 23.2 Å². The van der Waals surface area contributed by atoms with E-state index in [1.807, 2.05) is 99.5 Å². The number of piperazine rings is 1. The Bertz CT molecular complexity index is 5910. The number of nitrogens with two attached hydrogens (primary N) is 2. The van der Waals surface area contributed by atoms with E-state index in [4.69, 9.17) is 26.4 Å². The van der Waals surface area contributed by atoms with E-state index in [-0.39, 0.29) is 35.5 Å². The molecule has 115 heavy (non-hydrogen) atoms. The van der Waals surface area contributed by atoms with Gasteiger partial charge in [0.1, 0.15) is 23.1 Å². The molecule has 27 nitrogen and oxygen atoms in total. The molecule has 1 fully saturated rings. The number of unbranched alkanes of at least 4 members (excludes halogenated alkanes) is 2. The molecule has 1 saturated heterocycles.